The number of piperidine rings is 1. The summed E-state index contributed by atoms with van der Waals surface area (Å²) in [6.07, 6.45) is 1.27. The number of hydrogen-bond acceptors (Lipinski definition) is 4. The van der Waals surface area contributed by atoms with E-state index in [4.69, 9.17) is 4.74 Å². The fraction of sp³-hybridized carbons (Fsp3) is 0.636. The molecule has 1 aromatic rings. The largest absolute Gasteiger partial charge is 0.444 e. The minimum Gasteiger partial charge on any atom is -0.444 e. The van der Waals surface area contributed by atoms with Gasteiger partial charge in [0.2, 0.25) is 5.91 Å². The first kappa shape index (κ1) is 22.2. The van der Waals surface area contributed by atoms with Crippen molar-refractivity contribution in [2.75, 3.05) is 13.1 Å². The Morgan fingerprint density at radius 3 is 2.29 bits per heavy atom. The second-order valence-corrected chi connectivity index (χ2v) is 8.91. The van der Waals surface area contributed by atoms with Crippen LogP contribution in [-0.2, 0) is 16.1 Å². The molecule has 1 unspecified atom stereocenters. The fourth-order valence-electron chi connectivity index (χ4n) is 3.34. The number of nitrogens with zero attached hydrogens (tertiary/aromatic N) is 1. The SMILES string of the molecule is CC(C)C(NC(=O)OC(C)(C)C)C(=O)NC1CCN(Cc2ccccc2)CC1. The fourth-order valence-corrected chi connectivity index (χ4v) is 3.34. The maximum Gasteiger partial charge on any atom is 0.408 e. The van der Waals surface area contributed by atoms with Gasteiger partial charge in [0, 0.05) is 25.7 Å². The molecule has 6 heteroatoms. The van der Waals surface area contributed by atoms with Gasteiger partial charge in [0.05, 0.1) is 0 Å². The number of hydrogen-bond donors (Lipinski definition) is 2. The molecule has 2 rings (SSSR count). The first-order chi connectivity index (χ1) is 13.1. The summed E-state index contributed by atoms with van der Waals surface area (Å²) in [4.78, 5) is 27.2. The van der Waals surface area contributed by atoms with Gasteiger partial charge in [0.25, 0.3) is 0 Å². The summed E-state index contributed by atoms with van der Waals surface area (Å²) < 4.78 is 5.29. The summed E-state index contributed by atoms with van der Waals surface area (Å²) in [6, 6.07) is 9.98. The van der Waals surface area contributed by atoms with Crippen molar-refractivity contribution in [1.82, 2.24) is 15.5 Å². The predicted octanol–water partition coefficient (Wildman–Crippen LogP) is 3.32. The lowest BCUT2D eigenvalue weighted by atomic mass is 10.0. The first-order valence-electron chi connectivity index (χ1n) is 10.2. The van der Waals surface area contributed by atoms with Gasteiger partial charge >= 0.3 is 6.09 Å². The van der Waals surface area contributed by atoms with Crippen LogP contribution >= 0.6 is 0 Å². The van der Waals surface area contributed by atoms with E-state index in [-0.39, 0.29) is 17.9 Å². The van der Waals surface area contributed by atoms with E-state index in [1.165, 1.54) is 5.56 Å². The highest BCUT2D eigenvalue weighted by molar-refractivity contribution is 5.86. The predicted molar refractivity (Wildman–Crippen MR) is 111 cm³/mol. The van der Waals surface area contributed by atoms with Crippen LogP contribution in [0.3, 0.4) is 0 Å². The summed E-state index contributed by atoms with van der Waals surface area (Å²) in [6.45, 7) is 12.1. The zero-order chi connectivity index (χ0) is 20.7. The van der Waals surface area contributed by atoms with Crippen LogP contribution in [0.25, 0.3) is 0 Å². The van der Waals surface area contributed by atoms with Crippen molar-refractivity contribution < 1.29 is 14.3 Å². The molecule has 0 radical (unpaired) electrons. The molecule has 0 bridgehead atoms. The molecule has 0 spiro atoms. The van der Waals surface area contributed by atoms with Gasteiger partial charge in [-0.15, -0.1) is 0 Å². The topological polar surface area (TPSA) is 70.7 Å². The van der Waals surface area contributed by atoms with E-state index in [1.807, 2.05) is 19.9 Å². The van der Waals surface area contributed by atoms with Gasteiger partial charge in [0.1, 0.15) is 11.6 Å². The Labute approximate surface area is 169 Å². The van der Waals surface area contributed by atoms with Crippen LogP contribution in [0, 0.1) is 5.92 Å². The Kier molecular flexibility index (Phi) is 7.87. The number of carbonyl (C=O) groups is 2. The number of benzene rings is 1. The smallest absolute Gasteiger partial charge is 0.408 e. The standard InChI is InChI=1S/C22H35N3O3/c1-16(2)19(24-21(27)28-22(3,4)5)20(26)23-18-11-13-25(14-12-18)15-17-9-7-6-8-10-17/h6-10,16,18-19H,11-15H2,1-5H3,(H,23,26)(H,24,27). The Hall–Kier alpha value is -2.08. The van der Waals surface area contributed by atoms with Crippen molar-refractivity contribution in [2.24, 2.45) is 5.92 Å². The third kappa shape index (κ3) is 7.50. The summed E-state index contributed by atoms with van der Waals surface area (Å²) in [5.74, 6) is -0.159. The zero-order valence-corrected chi connectivity index (χ0v) is 17.8. The van der Waals surface area contributed by atoms with Gasteiger partial charge < -0.3 is 15.4 Å². The van der Waals surface area contributed by atoms with Crippen LogP contribution in [0.2, 0.25) is 0 Å². The van der Waals surface area contributed by atoms with Gasteiger partial charge in [-0.1, -0.05) is 44.2 Å². The van der Waals surface area contributed by atoms with E-state index in [0.29, 0.717) is 0 Å². The Morgan fingerprint density at radius 1 is 1.14 bits per heavy atom. The molecular weight excluding hydrogens is 354 g/mol. The van der Waals surface area contributed by atoms with Crippen molar-refractivity contribution in [3.63, 3.8) is 0 Å². The number of alkyl carbamates (subject to hydrolysis) is 1. The third-order valence-corrected chi connectivity index (χ3v) is 4.80. The number of ether oxygens (including phenoxy) is 1. The normalized spacial score (nSPS) is 17.2. The van der Waals surface area contributed by atoms with Crippen LogP contribution in [0.5, 0.6) is 0 Å². The summed E-state index contributed by atoms with van der Waals surface area (Å²) >= 11 is 0. The Balaban J connectivity index is 1.81. The molecule has 1 fully saturated rings. The van der Waals surface area contributed by atoms with Gasteiger partial charge in [-0.3, -0.25) is 9.69 Å². The molecule has 0 aromatic heterocycles. The lowest BCUT2D eigenvalue weighted by molar-refractivity contribution is -0.125. The highest BCUT2D eigenvalue weighted by Gasteiger charge is 2.29. The van der Waals surface area contributed by atoms with E-state index in [2.05, 4.69) is 39.8 Å². The molecule has 2 amide bonds. The maximum atomic E-state index is 12.7. The summed E-state index contributed by atoms with van der Waals surface area (Å²) in [5.41, 5.74) is 0.722. The molecule has 1 atom stereocenters. The maximum absolute atomic E-state index is 12.7. The van der Waals surface area contributed by atoms with Gasteiger partial charge in [-0.2, -0.15) is 0 Å². The average molecular weight is 390 g/mol. The lowest BCUT2D eigenvalue weighted by Crippen LogP contribution is -2.54. The van der Waals surface area contributed by atoms with E-state index in [0.717, 1.165) is 32.5 Å². The van der Waals surface area contributed by atoms with Crippen LogP contribution < -0.4 is 10.6 Å². The number of likely N-dealkylation sites (tertiary alicyclic amines) is 1. The Morgan fingerprint density at radius 2 is 1.75 bits per heavy atom. The number of carbonyl (C=O) groups excluding carboxylic acids is 2. The first-order valence-corrected chi connectivity index (χ1v) is 10.2. The molecule has 0 aliphatic carbocycles. The van der Waals surface area contributed by atoms with Gasteiger partial charge in [0.15, 0.2) is 0 Å². The molecule has 6 nitrogen and oxygen atoms in total. The molecule has 28 heavy (non-hydrogen) atoms. The summed E-state index contributed by atoms with van der Waals surface area (Å²) in [5, 5.41) is 5.84. The van der Waals surface area contributed by atoms with Crippen molar-refractivity contribution in [3.05, 3.63) is 35.9 Å². The van der Waals surface area contributed by atoms with E-state index >= 15 is 0 Å². The minimum absolute atomic E-state index is 0.0225. The number of nitrogens with one attached hydrogen (secondary N) is 2. The Bertz CT molecular complexity index is 632. The third-order valence-electron chi connectivity index (χ3n) is 4.80. The lowest BCUT2D eigenvalue weighted by Gasteiger charge is -2.33. The van der Waals surface area contributed by atoms with Gasteiger partial charge in [-0.25, -0.2) is 4.79 Å². The van der Waals surface area contributed by atoms with Crippen LogP contribution in [-0.4, -0.2) is 47.7 Å². The van der Waals surface area contributed by atoms with Crippen LogP contribution in [0.4, 0.5) is 4.79 Å². The van der Waals surface area contributed by atoms with Crippen molar-refractivity contribution in [1.29, 1.82) is 0 Å². The zero-order valence-electron chi connectivity index (χ0n) is 17.8. The number of rotatable bonds is 6. The van der Waals surface area contributed by atoms with Crippen molar-refractivity contribution in [2.45, 2.75) is 71.7 Å². The van der Waals surface area contributed by atoms with E-state index in [9.17, 15) is 9.59 Å². The molecule has 1 aliphatic rings. The molecule has 2 N–H and O–H groups in total. The van der Waals surface area contributed by atoms with Crippen LogP contribution in [0.1, 0.15) is 53.0 Å². The molecule has 1 aromatic carbocycles. The monoisotopic (exact) mass is 389 g/mol. The molecule has 156 valence electrons. The second-order valence-electron chi connectivity index (χ2n) is 8.91. The second kappa shape index (κ2) is 9.92. The molecule has 1 aliphatic heterocycles. The van der Waals surface area contributed by atoms with Crippen LogP contribution in [0.15, 0.2) is 30.3 Å². The van der Waals surface area contributed by atoms with Crippen molar-refractivity contribution >= 4 is 12.0 Å². The summed E-state index contributed by atoms with van der Waals surface area (Å²) in [7, 11) is 0. The quantitative estimate of drug-likeness (QED) is 0.783. The molecule has 1 heterocycles. The highest BCUT2D eigenvalue weighted by Crippen LogP contribution is 2.15. The molecule has 1 saturated heterocycles. The molecule has 0 saturated carbocycles. The molecular formula is C22H35N3O3. The van der Waals surface area contributed by atoms with E-state index in [1.54, 1.807) is 20.8 Å². The van der Waals surface area contributed by atoms with Crippen molar-refractivity contribution in [3.8, 4) is 0 Å². The number of amides is 2. The van der Waals surface area contributed by atoms with E-state index < -0.39 is 17.7 Å². The van der Waals surface area contributed by atoms with Gasteiger partial charge in [-0.05, 0) is 45.1 Å². The minimum atomic E-state index is -0.600. The average Bonchev–Trinajstić information content (AvgIpc) is 2.60. The highest BCUT2D eigenvalue weighted by atomic mass is 16.6.